The van der Waals surface area contributed by atoms with E-state index in [4.69, 9.17) is 26.1 Å². The van der Waals surface area contributed by atoms with Gasteiger partial charge in [-0.1, -0.05) is 18.5 Å². The van der Waals surface area contributed by atoms with Crippen LogP contribution in [0.5, 0.6) is 5.75 Å². The lowest BCUT2D eigenvalue weighted by Crippen LogP contribution is -2.44. The number of hydrogen-bond donors (Lipinski definition) is 2. The van der Waals surface area contributed by atoms with Crippen LogP contribution in [0.15, 0.2) is 29.2 Å². The van der Waals surface area contributed by atoms with Crippen molar-refractivity contribution in [1.29, 1.82) is 0 Å². The van der Waals surface area contributed by atoms with Crippen LogP contribution in [0.3, 0.4) is 0 Å². The van der Waals surface area contributed by atoms with E-state index >= 15 is 0 Å². The van der Waals surface area contributed by atoms with Crippen molar-refractivity contribution in [3.05, 3.63) is 39.8 Å². The van der Waals surface area contributed by atoms with E-state index in [1.54, 1.807) is 38.6 Å². The number of methoxy groups -OCH3 is 1. The molecule has 2 aromatic heterocycles. The number of anilines is 4. The first-order valence-corrected chi connectivity index (χ1v) is 13.5. The highest BCUT2D eigenvalue weighted by Crippen LogP contribution is 2.45. The van der Waals surface area contributed by atoms with Crippen molar-refractivity contribution in [1.82, 2.24) is 14.5 Å². The number of fused-ring (bicyclic) bond motifs is 3. The molecule has 0 radical (unpaired) electrons. The molecule has 2 aliphatic heterocycles. The molecule has 1 saturated heterocycles. The molecule has 6 rings (SSSR count). The number of benzene rings is 1. The molecule has 208 valence electrons. The number of pyridine rings is 1. The second-order valence-corrected chi connectivity index (χ2v) is 11.3. The molecule has 39 heavy (non-hydrogen) atoms. The summed E-state index contributed by atoms with van der Waals surface area (Å²) in [4.78, 5) is 24.3. The van der Waals surface area contributed by atoms with Gasteiger partial charge in [-0.3, -0.25) is 4.79 Å². The summed E-state index contributed by atoms with van der Waals surface area (Å²) in [6.07, 6.45) is 4.05. The summed E-state index contributed by atoms with van der Waals surface area (Å²) in [7, 11) is 3.31. The Morgan fingerprint density at radius 3 is 2.82 bits per heavy atom. The van der Waals surface area contributed by atoms with Gasteiger partial charge in [0.05, 0.1) is 29.5 Å². The van der Waals surface area contributed by atoms with E-state index in [-0.39, 0.29) is 23.5 Å². The molecule has 2 N–H and O–H groups in total. The molecule has 3 aliphatic rings. The number of nitrogens with one attached hydrogen (secondary N) is 2. The normalized spacial score (nSPS) is 24.5. The number of rotatable bonds is 5. The molecule has 3 atom stereocenters. The standard InChI is InChI=1S/C27H31ClF2N6O3/c1-14-8-17(38-3)12-36(11-14)26-31-10-19(28)24(34-26)32-16-6-7-20-18(9-16)21-22(25(37)35(20)2)39-13-27(29,30)23(33-21)15-4-5-15/h6-7,9-10,14-15,17,23,33H,4-5,8,11-13H2,1-3H3,(H,31,32,34)/t14-,17+,23?/m0/s1. The average Bonchev–Trinajstić information content (AvgIpc) is 3.75. The Labute approximate surface area is 229 Å². The smallest absolute Gasteiger partial charge is 0.301 e. The molecule has 4 heterocycles. The van der Waals surface area contributed by atoms with Crippen LogP contribution >= 0.6 is 11.6 Å². The third-order valence-electron chi connectivity index (χ3n) is 7.84. The van der Waals surface area contributed by atoms with Crippen LogP contribution < -0.4 is 25.8 Å². The van der Waals surface area contributed by atoms with Gasteiger partial charge in [0, 0.05) is 38.3 Å². The molecule has 2 fully saturated rings. The highest BCUT2D eigenvalue weighted by molar-refractivity contribution is 6.32. The van der Waals surface area contributed by atoms with Crippen molar-refractivity contribution < 1.29 is 18.3 Å². The van der Waals surface area contributed by atoms with Gasteiger partial charge in [-0.2, -0.15) is 4.98 Å². The maximum atomic E-state index is 14.9. The van der Waals surface area contributed by atoms with Crippen LogP contribution in [0, 0.1) is 11.8 Å². The van der Waals surface area contributed by atoms with Crippen molar-refractivity contribution in [2.45, 2.75) is 44.3 Å². The quantitative estimate of drug-likeness (QED) is 0.459. The fourth-order valence-electron chi connectivity index (χ4n) is 5.65. The Hall–Kier alpha value is -3.18. The van der Waals surface area contributed by atoms with E-state index in [9.17, 15) is 13.6 Å². The summed E-state index contributed by atoms with van der Waals surface area (Å²) in [6, 6.07) is 4.24. The molecule has 12 heteroatoms. The molecule has 1 saturated carbocycles. The van der Waals surface area contributed by atoms with Gasteiger partial charge in [-0.15, -0.1) is 0 Å². The monoisotopic (exact) mass is 560 g/mol. The van der Waals surface area contributed by atoms with E-state index in [0.29, 0.717) is 58.7 Å². The van der Waals surface area contributed by atoms with Gasteiger partial charge < -0.3 is 29.6 Å². The van der Waals surface area contributed by atoms with Crippen molar-refractivity contribution in [2.75, 3.05) is 42.3 Å². The largest absolute Gasteiger partial charge is 0.480 e. The number of hydrogen-bond acceptors (Lipinski definition) is 8. The van der Waals surface area contributed by atoms with Crippen LogP contribution in [-0.2, 0) is 11.8 Å². The Kier molecular flexibility index (Phi) is 6.53. The first-order valence-electron chi connectivity index (χ1n) is 13.2. The summed E-state index contributed by atoms with van der Waals surface area (Å²) in [5.74, 6) is -2.00. The van der Waals surface area contributed by atoms with Crippen LogP contribution in [0.4, 0.5) is 31.9 Å². The number of nitrogens with zero attached hydrogens (tertiary/aromatic N) is 4. The molecular weight excluding hydrogens is 530 g/mol. The lowest BCUT2D eigenvalue weighted by molar-refractivity contribution is -0.0579. The Bertz CT molecular complexity index is 1480. The molecule has 0 spiro atoms. The van der Waals surface area contributed by atoms with E-state index in [2.05, 4.69) is 27.4 Å². The predicted molar refractivity (Wildman–Crippen MR) is 147 cm³/mol. The third-order valence-corrected chi connectivity index (χ3v) is 8.12. The lowest BCUT2D eigenvalue weighted by Gasteiger charge is -2.35. The van der Waals surface area contributed by atoms with Gasteiger partial charge >= 0.3 is 5.92 Å². The van der Waals surface area contributed by atoms with Gasteiger partial charge in [-0.25, -0.2) is 13.8 Å². The first kappa shape index (κ1) is 26.1. The minimum absolute atomic E-state index is 0.0911. The van der Waals surface area contributed by atoms with Crippen molar-refractivity contribution >= 4 is 45.6 Å². The average molecular weight is 561 g/mol. The lowest BCUT2D eigenvalue weighted by atomic mass is 9.98. The van der Waals surface area contributed by atoms with E-state index in [1.165, 1.54) is 4.57 Å². The summed E-state index contributed by atoms with van der Waals surface area (Å²) in [5, 5.41) is 7.18. The number of alkyl halides is 2. The zero-order valence-corrected chi connectivity index (χ0v) is 22.8. The molecule has 9 nitrogen and oxygen atoms in total. The second kappa shape index (κ2) is 9.78. The SMILES string of the molecule is CO[C@@H]1C[C@H](C)CN(c2ncc(Cl)c(Nc3ccc4c(c3)c3c(c(=O)n4C)OCC(F)(F)C(C4CC4)N3)n2)C1. The number of aromatic nitrogens is 3. The van der Waals surface area contributed by atoms with Crippen LogP contribution in [0.2, 0.25) is 5.02 Å². The van der Waals surface area contributed by atoms with Crippen LogP contribution in [0.1, 0.15) is 26.2 Å². The highest BCUT2D eigenvalue weighted by atomic mass is 35.5. The zero-order valence-electron chi connectivity index (χ0n) is 22.0. The van der Waals surface area contributed by atoms with Gasteiger partial charge in [-0.05, 0) is 49.3 Å². The van der Waals surface area contributed by atoms with Gasteiger partial charge in [0.15, 0.2) is 12.4 Å². The van der Waals surface area contributed by atoms with Crippen molar-refractivity contribution in [2.24, 2.45) is 18.9 Å². The number of piperidine rings is 1. The maximum Gasteiger partial charge on any atom is 0.301 e. The van der Waals surface area contributed by atoms with Gasteiger partial charge in [0.1, 0.15) is 5.02 Å². The van der Waals surface area contributed by atoms with E-state index in [0.717, 1.165) is 13.0 Å². The fraction of sp³-hybridized carbons (Fsp3) is 0.519. The minimum atomic E-state index is -3.11. The van der Waals surface area contributed by atoms with Crippen LogP contribution in [0.25, 0.3) is 10.9 Å². The molecule has 0 bridgehead atoms. The van der Waals surface area contributed by atoms with Crippen molar-refractivity contribution in [3.8, 4) is 5.75 Å². The molecular formula is C27H31ClF2N6O3. The Morgan fingerprint density at radius 2 is 2.08 bits per heavy atom. The second-order valence-electron chi connectivity index (χ2n) is 10.9. The number of halogens is 3. The third kappa shape index (κ3) is 4.86. The number of ether oxygens (including phenoxy) is 2. The fourth-order valence-corrected chi connectivity index (χ4v) is 5.79. The minimum Gasteiger partial charge on any atom is -0.480 e. The highest BCUT2D eigenvalue weighted by Gasteiger charge is 2.51. The molecule has 1 aliphatic carbocycles. The van der Waals surface area contributed by atoms with Crippen molar-refractivity contribution in [3.63, 3.8) is 0 Å². The summed E-state index contributed by atoms with van der Waals surface area (Å²) in [5.41, 5.74) is 1.03. The Morgan fingerprint density at radius 1 is 1.28 bits per heavy atom. The van der Waals surface area contributed by atoms with Gasteiger partial charge in [0.2, 0.25) is 11.7 Å². The predicted octanol–water partition coefficient (Wildman–Crippen LogP) is 4.80. The first-order chi connectivity index (χ1) is 18.6. The molecule has 0 amide bonds. The van der Waals surface area contributed by atoms with Gasteiger partial charge in [0.25, 0.3) is 5.56 Å². The molecule has 1 unspecified atom stereocenters. The zero-order chi connectivity index (χ0) is 27.5. The summed E-state index contributed by atoms with van der Waals surface area (Å²) >= 11 is 6.47. The molecule has 1 aromatic carbocycles. The summed E-state index contributed by atoms with van der Waals surface area (Å²) in [6.45, 7) is 2.80. The van der Waals surface area contributed by atoms with E-state index in [1.807, 2.05) is 0 Å². The molecule has 3 aromatic rings. The number of aryl methyl sites for hydroxylation is 1. The maximum absolute atomic E-state index is 14.9. The van der Waals surface area contributed by atoms with E-state index < -0.39 is 24.1 Å². The summed E-state index contributed by atoms with van der Waals surface area (Å²) < 4.78 is 42.3. The topological polar surface area (TPSA) is 93.5 Å². The Balaban J connectivity index is 1.37. The van der Waals surface area contributed by atoms with Crippen LogP contribution in [-0.4, -0.2) is 59.4 Å².